The lowest BCUT2D eigenvalue weighted by molar-refractivity contribution is 0.390. The lowest BCUT2D eigenvalue weighted by Gasteiger charge is -2.42. The maximum absolute atomic E-state index is 2.49. The average Bonchev–Trinajstić information content (AvgIpc) is 2.51. The van der Waals surface area contributed by atoms with Crippen LogP contribution in [0.25, 0.3) is 0 Å². The molecule has 0 aromatic heterocycles. The van der Waals surface area contributed by atoms with Crippen molar-refractivity contribution in [2.45, 2.75) is 88.7 Å². The zero-order valence-corrected chi connectivity index (χ0v) is 16.9. The normalized spacial score (nSPS) is 15.8. The molecule has 22 heavy (non-hydrogen) atoms. The molecule has 0 aliphatic rings. The van der Waals surface area contributed by atoms with Crippen LogP contribution in [0.1, 0.15) is 78.7 Å². The smallest absolute Gasteiger partial charge is 0.00639 e. The summed E-state index contributed by atoms with van der Waals surface area (Å²) in [5.41, 5.74) is 1.96. The fraction of sp³-hybridized carbons (Fsp3) is 0.714. The molecule has 0 aliphatic carbocycles. The second-order valence-corrected chi connectivity index (χ2v) is 11.9. The Balaban J connectivity index is 3.12. The molecule has 1 unspecified atom stereocenters. The van der Waals surface area contributed by atoms with Gasteiger partial charge in [0.1, 0.15) is 0 Å². The molecule has 0 N–H and O–H groups in total. The monoisotopic (exact) mass is 322 g/mol. The van der Waals surface area contributed by atoms with E-state index in [1.54, 1.807) is 10.5 Å². The lowest BCUT2D eigenvalue weighted by atomic mass is 9.76. The van der Waals surface area contributed by atoms with Crippen molar-refractivity contribution < 1.29 is 0 Å². The molecule has 1 aromatic rings. The van der Waals surface area contributed by atoms with Crippen molar-refractivity contribution in [3.05, 3.63) is 29.8 Å². The molecule has 0 radical (unpaired) electrons. The fourth-order valence-corrected chi connectivity index (χ4v) is 4.94. The minimum Gasteiger partial charge on any atom is -0.218 e. The van der Waals surface area contributed by atoms with E-state index in [1.165, 1.54) is 38.5 Å². The first-order chi connectivity index (χ1) is 10.3. The second-order valence-electron chi connectivity index (χ2n) is 7.68. The third-order valence-electron chi connectivity index (χ3n) is 5.65. The van der Waals surface area contributed by atoms with Gasteiger partial charge in [-0.15, -0.1) is 0 Å². The number of hydrogen-bond donors (Lipinski definition) is 0. The van der Waals surface area contributed by atoms with Crippen molar-refractivity contribution in [2.24, 2.45) is 0 Å². The summed E-state index contributed by atoms with van der Waals surface area (Å²) in [7, 11) is -0.736. The average molecular weight is 323 g/mol. The van der Waals surface area contributed by atoms with Gasteiger partial charge in [0.25, 0.3) is 0 Å². The van der Waals surface area contributed by atoms with Gasteiger partial charge < -0.3 is 0 Å². The van der Waals surface area contributed by atoms with Gasteiger partial charge in [-0.05, 0) is 52.5 Å². The van der Waals surface area contributed by atoms with Crippen LogP contribution in [0.4, 0.5) is 0 Å². The maximum Gasteiger partial charge on any atom is -0.00639 e. The minimum atomic E-state index is -0.736. The molecule has 0 saturated heterocycles. The molecule has 128 valence electrons. The van der Waals surface area contributed by atoms with E-state index in [0.29, 0.717) is 5.41 Å². The molecule has 0 nitrogen and oxygen atoms in total. The van der Waals surface area contributed by atoms with E-state index < -0.39 is 10.0 Å². The Morgan fingerprint density at radius 2 is 1.64 bits per heavy atom. The first kappa shape index (κ1) is 19.6. The Kier molecular flexibility index (Phi) is 7.52. The molecule has 1 aromatic carbocycles. The largest absolute Gasteiger partial charge is 0.218 e. The minimum absolute atomic E-state index is 0.337. The predicted octanol–water partition coefficient (Wildman–Crippen LogP) is 7.16. The van der Waals surface area contributed by atoms with Crippen LogP contribution in [0, 0.1) is 0 Å². The summed E-state index contributed by atoms with van der Waals surface area (Å²) < 4.78 is 0. The highest BCUT2D eigenvalue weighted by Crippen LogP contribution is 2.57. The van der Waals surface area contributed by atoms with Crippen LogP contribution in [0.15, 0.2) is 29.2 Å². The molecule has 0 amide bonds. The zero-order valence-electron chi connectivity index (χ0n) is 16.0. The Bertz CT molecular complexity index is 447. The van der Waals surface area contributed by atoms with Crippen molar-refractivity contribution in [3.63, 3.8) is 0 Å². The van der Waals surface area contributed by atoms with E-state index in [0.717, 1.165) is 5.25 Å². The van der Waals surface area contributed by atoms with Gasteiger partial charge in [-0.3, -0.25) is 0 Å². The van der Waals surface area contributed by atoms with Gasteiger partial charge in [0.05, 0.1) is 0 Å². The van der Waals surface area contributed by atoms with Gasteiger partial charge in [0.2, 0.25) is 0 Å². The third kappa shape index (κ3) is 4.54. The zero-order chi connectivity index (χ0) is 16.8. The third-order valence-corrected chi connectivity index (χ3v) is 9.49. The standard InChI is InChI=1S/C21H38S/c1-8-10-11-14-17-21(5,9-2)19-15-12-13-16-20(19)22(6,7)18(3)4/h12-13,15-16,18H,8-11,14,17H2,1-7H3. The predicted molar refractivity (Wildman–Crippen MR) is 106 cm³/mol. The van der Waals surface area contributed by atoms with Crippen LogP contribution in [-0.4, -0.2) is 17.8 Å². The topological polar surface area (TPSA) is 0 Å². The van der Waals surface area contributed by atoms with Crippen LogP contribution in [0.2, 0.25) is 0 Å². The van der Waals surface area contributed by atoms with Crippen molar-refractivity contribution in [1.82, 2.24) is 0 Å². The van der Waals surface area contributed by atoms with Crippen LogP contribution in [-0.2, 0) is 5.41 Å². The Hall–Kier alpha value is -0.430. The summed E-state index contributed by atoms with van der Waals surface area (Å²) in [6.07, 6.45) is 13.0. The van der Waals surface area contributed by atoms with Gasteiger partial charge in [0, 0.05) is 0 Å². The quantitative estimate of drug-likeness (QED) is 0.423. The Labute approximate surface area is 141 Å². The number of rotatable bonds is 9. The van der Waals surface area contributed by atoms with E-state index in [-0.39, 0.29) is 0 Å². The Morgan fingerprint density at radius 3 is 2.18 bits per heavy atom. The van der Waals surface area contributed by atoms with Crippen LogP contribution < -0.4 is 0 Å². The molecule has 0 spiro atoms. The van der Waals surface area contributed by atoms with Crippen molar-refractivity contribution >= 4 is 10.0 Å². The lowest BCUT2D eigenvalue weighted by Crippen LogP contribution is -2.24. The maximum atomic E-state index is 2.49. The van der Waals surface area contributed by atoms with Crippen LogP contribution in [0.3, 0.4) is 0 Å². The molecule has 0 bridgehead atoms. The molecule has 0 fully saturated rings. The molecule has 1 rings (SSSR count). The molecule has 1 heteroatoms. The summed E-state index contributed by atoms with van der Waals surface area (Å²) in [4.78, 5) is 1.64. The van der Waals surface area contributed by atoms with Crippen molar-refractivity contribution in [3.8, 4) is 0 Å². The summed E-state index contributed by atoms with van der Waals surface area (Å²) >= 11 is 0. The first-order valence-corrected chi connectivity index (χ1v) is 11.6. The van der Waals surface area contributed by atoms with E-state index in [4.69, 9.17) is 0 Å². The summed E-state index contributed by atoms with van der Waals surface area (Å²) in [5.74, 6) is 0. The molecule has 0 saturated carbocycles. The molecule has 0 aliphatic heterocycles. The van der Waals surface area contributed by atoms with E-state index in [2.05, 4.69) is 71.4 Å². The summed E-state index contributed by atoms with van der Waals surface area (Å²) in [5, 5.41) is 0.731. The van der Waals surface area contributed by atoms with Crippen molar-refractivity contribution in [1.29, 1.82) is 0 Å². The number of unbranched alkanes of at least 4 members (excludes halogenated alkanes) is 3. The summed E-state index contributed by atoms with van der Waals surface area (Å²) in [6, 6.07) is 9.30. The van der Waals surface area contributed by atoms with Crippen LogP contribution >= 0.6 is 10.0 Å². The van der Waals surface area contributed by atoms with E-state index in [1.807, 2.05) is 0 Å². The molecular formula is C21H38S. The fourth-order valence-electron chi connectivity index (χ4n) is 3.12. The van der Waals surface area contributed by atoms with Gasteiger partial charge in [-0.25, -0.2) is 10.0 Å². The first-order valence-electron chi connectivity index (χ1n) is 9.11. The molecular weight excluding hydrogens is 284 g/mol. The molecule has 1 atom stereocenters. The van der Waals surface area contributed by atoms with E-state index >= 15 is 0 Å². The summed E-state index contributed by atoms with van der Waals surface area (Å²) in [6.45, 7) is 11.9. The Morgan fingerprint density at radius 1 is 1.00 bits per heavy atom. The van der Waals surface area contributed by atoms with Gasteiger partial charge in [0.15, 0.2) is 0 Å². The van der Waals surface area contributed by atoms with Crippen molar-refractivity contribution in [2.75, 3.05) is 12.5 Å². The second kappa shape index (κ2) is 8.43. The van der Waals surface area contributed by atoms with Gasteiger partial charge >= 0.3 is 0 Å². The highest BCUT2D eigenvalue weighted by Gasteiger charge is 2.31. The van der Waals surface area contributed by atoms with Gasteiger partial charge in [-0.2, -0.15) is 0 Å². The highest BCUT2D eigenvalue weighted by atomic mass is 32.3. The van der Waals surface area contributed by atoms with Crippen LogP contribution in [0.5, 0.6) is 0 Å². The van der Waals surface area contributed by atoms with Gasteiger partial charge in [-0.1, -0.05) is 78.5 Å². The molecule has 0 heterocycles. The number of benzene rings is 1. The highest BCUT2D eigenvalue weighted by molar-refractivity contribution is 8.33. The number of hydrogen-bond acceptors (Lipinski definition) is 0. The SMILES string of the molecule is CCCCCCC(C)(CC)c1ccccc1S(C)(C)C(C)C. The van der Waals surface area contributed by atoms with E-state index in [9.17, 15) is 0 Å².